The normalized spacial score (nSPS) is 10.3. The van der Waals surface area contributed by atoms with Gasteiger partial charge in [0.05, 0.1) is 6.54 Å². The second-order valence-electron chi connectivity index (χ2n) is 4.15. The van der Waals surface area contributed by atoms with Gasteiger partial charge in [0.25, 0.3) is 0 Å². The fraction of sp³-hybridized carbons (Fsp3) is 0.727. The molecule has 3 nitrogen and oxygen atoms in total. The van der Waals surface area contributed by atoms with Gasteiger partial charge in [-0.05, 0) is 27.7 Å². The first kappa shape index (κ1) is 13.0. The third-order valence-electron chi connectivity index (χ3n) is 1.40. The van der Waals surface area contributed by atoms with Gasteiger partial charge in [-0.25, -0.2) is 0 Å². The van der Waals surface area contributed by atoms with Crippen LogP contribution in [0.15, 0.2) is 0 Å². The molecule has 0 saturated carbocycles. The number of carbonyl (C=O) groups is 1. The third kappa shape index (κ3) is 9.08. The minimum Gasteiger partial charge on any atom is -0.350 e. The molecule has 0 aliphatic rings. The molecule has 0 bridgehead atoms. The van der Waals surface area contributed by atoms with Crippen LogP contribution < -0.4 is 10.6 Å². The molecule has 14 heavy (non-hydrogen) atoms. The zero-order valence-corrected chi connectivity index (χ0v) is 9.53. The Morgan fingerprint density at radius 2 is 2.00 bits per heavy atom. The summed E-state index contributed by atoms with van der Waals surface area (Å²) in [5.74, 6) is 5.76. The van der Waals surface area contributed by atoms with Gasteiger partial charge in [-0.3, -0.25) is 4.79 Å². The zero-order valence-electron chi connectivity index (χ0n) is 9.53. The fourth-order valence-corrected chi connectivity index (χ4v) is 0.940. The zero-order chi connectivity index (χ0) is 11.0. The summed E-state index contributed by atoms with van der Waals surface area (Å²) in [5.41, 5.74) is -0.151. The Hall–Kier alpha value is -1.01. The molecule has 0 spiro atoms. The molecule has 2 N–H and O–H groups in total. The maximum absolute atomic E-state index is 11.3. The van der Waals surface area contributed by atoms with Crippen LogP contribution in [0.25, 0.3) is 0 Å². The summed E-state index contributed by atoms with van der Waals surface area (Å²) in [6, 6.07) is 0. The molecule has 3 heteroatoms. The summed E-state index contributed by atoms with van der Waals surface area (Å²) in [7, 11) is 0. The number of hydrogen-bond acceptors (Lipinski definition) is 2. The molecular weight excluding hydrogens is 176 g/mol. The Morgan fingerprint density at radius 3 is 2.50 bits per heavy atom. The van der Waals surface area contributed by atoms with E-state index in [4.69, 9.17) is 0 Å². The minimum atomic E-state index is -0.151. The lowest BCUT2D eigenvalue weighted by Gasteiger charge is -2.20. The van der Waals surface area contributed by atoms with E-state index in [1.54, 1.807) is 0 Å². The lowest BCUT2D eigenvalue weighted by Crippen LogP contribution is -2.44. The molecule has 0 saturated heterocycles. The summed E-state index contributed by atoms with van der Waals surface area (Å²) in [6.07, 6.45) is 0.791. The minimum absolute atomic E-state index is 0.0296. The molecular formula is C11H20N2O. The van der Waals surface area contributed by atoms with Crippen molar-refractivity contribution in [3.63, 3.8) is 0 Å². The Morgan fingerprint density at radius 1 is 1.36 bits per heavy atom. The Kier molecular flexibility index (Phi) is 5.98. The van der Waals surface area contributed by atoms with Gasteiger partial charge in [0.2, 0.25) is 5.91 Å². The molecule has 0 aromatic rings. The van der Waals surface area contributed by atoms with Crippen molar-refractivity contribution in [1.29, 1.82) is 0 Å². The molecule has 80 valence electrons. The molecule has 0 fully saturated rings. The Balaban J connectivity index is 3.49. The number of rotatable bonds is 4. The lowest BCUT2D eigenvalue weighted by atomic mass is 10.1. The standard InChI is InChI=1S/C11H20N2O/c1-5-6-7-8-12-9-10(14)13-11(2,3)4/h12H,7-9H2,1-4H3,(H,13,14). The van der Waals surface area contributed by atoms with Crippen LogP contribution in [0.5, 0.6) is 0 Å². The highest BCUT2D eigenvalue weighted by molar-refractivity contribution is 5.78. The third-order valence-corrected chi connectivity index (χ3v) is 1.40. The van der Waals surface area contributed by atoms with Gasteiger partial charge < -0.3 is 10.6 Å². The number of amides is 1. The van der Waals surface area contributed by atoms with Crippen LogP contribution in [0, 0.1) is 11.8 Å². The van der Waals surface area contributed by atoms with Gasteiger partial charge in [0, 0.05) is 18.5 Å². The van der Waals surface area contributed by atoms with E-state index in [1.165, 1.54) is 0 Å². The highest BCUT2D eigenvalue weighted by Crippen LogP contribution is 1.96. The van der Waals surface area contributed by atoms with Gasteiger partial charge in [0.15, 0.2) is 0 Å². The molecule has 0 aromatic carbocycles. The lowest BCUT2D eigenvalue weighted by molar-refractivity contribution is -0.121. The molecule has 0 aliphatic carbocycles. The second-order valence-corrected chi connectivity index (χ2v) is 4.15. The molecule has 0 radical (unpaired) electrons. The monoisotopic (exact) mass is 196 g/mol. The number of nitrogens with one attached hydrogen (secondary N) is 2. The summed E-state index contributed by atoms with van der Waals surface area (Å²) in [5, 5.41) is 5.90. The predicted molar refractivity (Wildman–Crippen MR) is 58.8 cm³/mol. The van der Waals surface area contributed by atoms with Gasteiger partial charge in [-0.2, -0.15) is 0 Å². The van der Waals surface area contributed by atoms with E-state index in [-0.39, 0.29) is 11.4 Å². The van der Waals surface area contributed by atoms with Crippen LogP contribution in [-0.4, -0.2) is 24.5 Å². The van der Waals surface area contributed by atoms with Crippen molar-refractivity contribution >= 4 is 5.91 Å². The first-order valence-corrected chi connectivity index (χ1v) is 4.87. The predicted octanol–water partition coefficient (Wildman–Crippen LogP) is 0.904. The van der Waals surface area contributed by atoms with Crippen molar-refractivity contribution in [2.45, 2.75) is 39.7 Å². The largest absolute Gasteiger partial charge is 0.350 e. The summed E-state index contributed by atoms with van der Waals surface area (Å²) in [6.45, 7) is 8.84. The molecule has 0 atom stereocenters. The van der Waals surface area contributed by atoms with E-state index in [1.807, 2.05) is 27.7 Å². The topological polar surface area (TPSA) is 41.1 Å². The van der Waals surface area contributed by atoms with Crippen LogP contribution in [0.1, 0.15) is 34.1 Å². The number of carbonyl (C=O) groups excluding carboxylic acids is 1. The van der Waals surface area contributed by atoms with Crippen molar-refractivity contribution in [3.8, 4) is 11.8 Å². The van der Waals surface area contributed by atoms with Gasteiger partial charge in [0.1, 0.15) is 0 Å². The first-order chi connectivity index (χ1) is 6.45. The van der Waals surface area contributed by atoms with E-state index in [9.17, 15) is 4.79 Å². The van der Waals surface area contributed by atoms with Gasteiger partial charge in [-0.1, -0.05) is 0 Å². The maximum Gasteiger partial charge on any atom is 0.234 e. The van der Waals surface area contributed by atoms with Crippen LogP contribution in [0.3, 0.4) is 0 Å². The Bertz CT molecular complexity index is 230. The van der Waals surface area contributed by atoms with Gasteiger partial charge in [-0.15, -0.1) is 11.8 Å². The van der Waals surface area contributed by atoms with Gasteiger partial charge >= 0.3 is 0 Å². The molecule has 0 aromatic heterocycles. The van der Waals surface area contributed by atoms with Crippen molar-refractivity contribution < 1.29 is 4.79 Å². The fourth-order valence-electron chi connectivity index (χ4n) is 0.940. The second kappa shape index (κ2) is 6.44. The van der Waals surface area contributed by atoms with Crippen molar-refractivity contribution in [1.82, 2.24) is 10.6 Å². The van der Waals surface area contributed by atoms with Crippen LogP contribution in [-0.2, 0) is 4.79 Å². The average molecular weight is 196 g/mol. The SMILES string of the molecule is CC#CCCNCC(=O)NC(C)(C)C. The summed E-state index contributed by atoms with van der Waals surface area (Å²) >= 11 is 0. The molecule has 0 heterocycles. The first-order valence-electron chi connectivity index (χ1n) is 4.87. The quantitative estimate of drug-likeness (QED) is 0.518. The Labute approximate surface area is 86.6 Å². The summed E-state index contributed by atoms with van der Waals surface area (Å²) in [4.78, 5) is 11.3. The molecule has 0 rings (SSSR count). The average Bonchev–Trinajstić information content (AvgIpc) is 2.00. The smallest absolute Gasteiger partial charge is 0.234 e. The van der Waals surface area contributed by atoms with E-state index < -0.39 is 0 Å². The van der Waals surface area contributed by atoms with Crippen molar-refractivity contribution in [2.24, 2.45) is 0 Å². The highest BCUT2D eigenvalue weighted by Gasteiger charge is 2.12. The number of hydrogen-bond donors (Lipinski definition) is 2. The van der Waals surface area contributed by atoms with Crippen LogP contribution in [0.4, 0.5) is 0 Å². The van der Waals surface area contributed by atoms with E-state index in [2.05, 4.69) is 22.5 Å². The maximum atomic E-state index is 11.3. The highest BCUT2D eigenvalue weighted by atomic mass is 16.2. The molecule has 0 unspecified atom stereocenters. The molecule has 1 amide bonds. The van der Waals surface area contributed by atoms with Crippen molar-refractivity contribution in [3.05, 3.63) is 0 Å². The van der Waals surface area contributed by atoms with Crippen LogP contribution >= 0.6 is 0 Å². The summed E-state index contributed by atoms with van der Waals surface area (Å²) < 4.78 is 0. The molecule has 0 aliphatic heterocycles. The van der Waals surface area contributed by atoms with E-state index >= 15 is 0 Å². The van der Waals surface area contributed by atoms with Crippen LogP contribution in [0.2, 0.25) is 0 Å². The van der Waals surface area contributed by atoms with Crippen molar-refractivity contribution in [2.75, 3.05) is 13.1 Å². The van der Waals surface area contributed by atoms with E-state index in [0.717, 1.165) is 13.0 Å². The van der Waals surface area contributed by atoms with E-state index in [0.29, 0.717) is 6.54 Å².